The van der Waals surface area contributed by atoms with Gasteiger partial charge in [0.05, 0.1) is 11.4 Å². The van der Waals surface area contributed by atoms with E-state index in [0.717, 1.165) is 11.1 Å². The van der Waals surface area contributed by atoms with E-state index < -0.39 is 10.2 Å². The lowest BCUT2D eigenvalue weighted by Gasteiger charge is -2.16. The van der Waals surface area contributed by atoms with Crippen LogP contribution in [0, 0.1) is 6.92 Å². The van der Waals surface area contributed by atoms with E-state index in [-0.39, 0.29) is 5.91 Å². The molecule has 1 saturated heterocycles. The second-order valence-corrected chi connectivity index (χ2v) is 7.63. The van der Waals surface area contributed by atoms with Crippen LogP contribution in [0.1, 0.15) is 16.1 Å². The molecule has 3 aromatic rings. The van der Waals surface area contributed by atoms with Crippen LogP contribution in [-0.4, -0.2) is 32.6 Å². The Hall–Kier alpha value is -2.91. The Kier molecular flexibility index (Phi) is 3.89. The molecule has 4 rings (SSSR count). The first kappa shape index (κ1) is 16.6. The van der Waals surface area contributed by atoms with Gasteiger partial charge in [-0.15, -0.1) is 0 Å². The minimum Gasteiger partial charge on any atom is -0.356 e. The van der Waals surface area contributed by atoms with Gasteiger partial charge in [-0.2, -0.15) is 13.1 Å². The van der Waals surface area contributed by atoms with E-state index >= 15 is 0 Å². The number of nitrogens with one attached hydrogen (secondary N) is 2. The van der Waals surface area contributed by atoms with Gasteiger partial charge in [0.2, 0.25) is 0 Å². The number of aryl methyl sites for hydroxylation is 1. The molecule has 0 spiro atoms. The second-order valence-electron chi connectivity index (χ2n) is 5.95. The highest BCUT2D eigenvalue weighted by molar-refractivity contribution is 7.91. The molecular formula is C17H16N4O4S. The standard InChI is InChI=1S/C17H16N4O4S/c1-11-15-10-13(4-7-16(15)25-20-11)19-17(22)12-2-5-14(6-3-12)21-9-8-18-26(21,23)24/h2-7,10,18H,8-9H2,1H3,(H,19,22). The van der Waals surface area contributed by atoms with Crippen LogP contribution in [0.15, 0.2) is 47.0 Å². The van der Waals surface area contributed by atoms with E-state index in [1.165, 1.54) is 4.31 Å². The molecule has 0 atom stereocenters. The predicted molar refractivity (Wildman–Crippen MR) is 97.4 cm³/mol. The Morgan fingerprint density at radius 2 is 2.00 bits per heavy atom. The summed E-state index contributed by atoms with van der Waals surface area (Å²) in [6.07, 6.45) is 0. The lowest BCUT2D eigenvalue weighted by molar-refractivity contribution is 0.102. The molecule has 26 heavy (non-hydrogen) atoms. The van der Waals surface area contributed by atoms with Crippen LogP contribution in [0.5, 0.6) is 0 Å². The first-order valence-corrected chi connectivity index (χ1v) is 9.43. The first-order chi connectivity index (χ1) is 12.4. The third kappa shape index (κ3) is 2.91. The predicted octanol–water partition coefficient (Wildman–Crippen LogP) is 2.04. The molecule has 2 aromatic carbocycles. The van der Waals surface area contributed by atoms with Crippen molar-refractivity contribution >= 4 is 38.5 Å². The zero-order valence-electron chi connectivity index (χ0n) is 13.9. The maximum absolute atomic E-state index is 12.4. The number of anilines is 2. The topological polar surface area (TPSA) is 105 Å². The maximum Gasteiger partial charge on any atom is 0.301 e. The van der Waals surface area contributed by atoms with Crippen LogP contribution in [-0.2, 0) is 10.2 Å². The monoisotopic (exact) mass is 372 g/mol. The SMILES string of the molecule is Cc1noc2ccc(NC(=O)c3ccc(N4CCNS4(=O)=O)cc3)cc12. The number of fused-ring (bicyclic) bond motifs is 1. The molecule has 0 saturated carbocycles. The third-order valence-electron chi connectivity index (χ3n) is 4.22. The summed E-state index contributed by atoms with van der Waals surface area (Å²) in [5, 5.41) is 7.54. The van der Waals surface area contributed by atoms with Gasteiger partial charge in [-0.3, -0.25) is 9.10 Å². The van der Waals surface area contributed by atoms with Gasteiger partial charge in [-0.25, -0.2) is 0 Å². The summed E-state index contributed by atoms with van der Waals surface area (Å²) in [5.41, 5.74) is 2.99. The van der Waals surface area contributed by atoms with Crippen molar-refractivity contribution in [1.82, 2.24) is 9.88 Å². The molecule has 9 heteroatoms. The molecule has 2 heterocycles. The van der Waals surface area contributed by atoms with Crippen molar-refractivity contribution in [2.45, 2.75) is 6.92 Å². The normalized spacial score (nSPS) is 16.1. The molecule has 0 radical (unpaired) electrons. The zero-order chi connectivity index (χ0) is 18.3. The lowest BCUT2D eigenvalue weighted by atomic mass is 10.1. The summed E-state index contributed by atoms with van der Waals surface area (Å²) < 4.78 is 32.6. The summed E-state index contributed by atoms with van der Waals surface area (Å²) >= 11 is 0. The van der Waals surface area contributed by atoms with E-state index in [4.69, 9.17) is 4.52 Å². The average molecular weight is 372 g/mol. The molecule has 0 bridgehead atoms. The number of carbonyl (C=O) groups is 1. The van der Waals surface area contributed by atoms with Gasteiger partial charge in [-0.1, -0.05) is 5.16 Å². The Morgan fingerprint density at radius 1 is 1.23 bits per heavy atom. The van der Waals surface area contributed by atoms with Crippen molar-refractivity contribution < 1.29 is 17.7 Å². The molecule has 0 unspecified atom stereocenters. The Balaban J connectivity index is 1.53. The lowest BCUT2D eigenvalue weighted by Crippen LogP contribution is -2.29. The Bertz CT molecular complexity index is 1090. The van der Waals surface area contributed by atoms with Crippen LogP contribution < -0.4 is 14.3 Å². The van der Waals surface area contributed by atoms with Gasteiger partial charge in [-0.05, 0) is 49.4 Å². The van der Waals surface area contributed by atoms with E-state index in [1.54, 1.807) is 42.5 Å². The van der Waals surface area contributed by atoms with Gasteiger partial charge < -0.3 is 9.84 Å². The quantitative estimate of drug-likeness (QED) is 0.732. The number of rotatable bonds is 3. The number of aromatic nitrogens is 1. The Labute approximate surface area is 150 Å². The highest BCUT2D eigenvalue weighted by Gasteiger charge is 2.27. The fourth-order valence-corrected chi connectivity index (χ4v) is 4.10. The van der Waals surface area contributed by atoms with Crippen molar-refractivity contribution in [2.24, 2.45) is 0 Å². The molecule has 2 N–H and O–H groups in total. The van der Waals surface area contributed by atoms with Crippen LogP contribution in [0.2, 0.25) is 0 Å². The summed E-state index contributed by atoms with van der Waals surface area (Å²) in [6, 6.07) is 11.7. The first-order valence-electron chi connectivity index (χ1n) is 7.99. The fraction of sp³-hybridized carbons (Fsp3) is 0.176. The summed E-state index contributed by atoms with van der Waals surface area (Å²) in [7, 11) is -3.47. The molecular weight excluding hydrogens is 356 g/mol. The molecule has 0 aliphatic carbocycles. The average Bonchev–Trinajstić information content (AvgIpc) is 3.17. The molecule has 1 aliphatic rings. The van der Waals surface area contributed by atoms with Gasteiger partial charge in [0.25, 0.3) is 5.91 Å². The zero-order valence-corrected chi connectivity index (χ0v) is 14.7. The van der Waals surface area contributed by atoms with Crippen LogP contribution in [0.3, 0.4) is 0 Å². The van der Waals surface area contributed by atoms with Crippen molar-refractivity contribution in [3.63, 3.8) is 0 Å². The number of carbonyl (C=O) groups excluding carboxylic acids is 1. The van der Waals surface area contributed by atoms with Crippen LogP contribution in [0.4, 0.5) is 11.4 Å². The van der Waals surface area contributed by atoms with Gasteiger partial charge in [0, 0.05) is 29.7 Å². The molecule has 134 valence electrons. The smallest absolute Gasteiger partial charge is 0.301 e. The molecule has 1 amide bonds. The second kappa shape index (κ2) is 6.11. The van der Waals surface area contributed by atoms with Crippen molar-refractivity contribution in [1.29, 1.82) is 0 Å². The van der Waals surface area contributed by atoms with Crippen molar-refractivity contribution in [3.05, 3.63) is 53.7 Å². The van der Waals surface area contributed by atoms with Crippen molar-refractivity contribution in [2.75, 3.05) is 22.7 Å². The van der Waals surface area contributed by atoms with Gasteiger partial charge >= 0.3 is 10.2 Å². The van der Waals surface area contributed by atoms with Crippen LogP contribution in [0.25, 0.3) is 11.0 Å². The van der Waals surface area contributed by atoms with Gasteiger partial charge in [0.1, 0.15) is 0 Å². The minimum absolute atomic E-state index is 0.285. The summed E-state index contributed by atoms with van der Waals surface area (Å²) in [6.45, 7) is 2.57. The highest BCUT2D eigenvalue weighted by atomic mass is 32.2. The Morgan fingerprint density at radius 3 is 2.69 bits per heavy atom. The highest BCUT2D eigenvalue weighted by Crippen LogP contribution is 2.23. The molecule has 1 aliphatic heterocycles. The van der Waals surface area contributed by atoms with E-state index in [9.17, 15) is 13.2 Å². The van der Waals surface area contributed by atoms with E-state index in [0.29, 0.717) is 35.6 Å². The van der Waals surface area contributed by atoms with Crippen LogP contribution >= 0.6 is 0 Å². The molecule has 1 fully saturated rings. The summed E-state index contributed by atoms with van der Waals surface area (Å²) in [4.78, 5) is 12.4. The summed E-state index contributed by atoms with van der Waals surface area (Å²) in [5.74, 6) is -0.285. The minimum atomic E-state index is -3.47. The van der Waals surface area contributed by atoms with Gasteiger partial charge in [0.15, 0.2) is 5.58 Å². The molecule has 8 nitrogen and oxygen atoms in total. The van der Waals surface area contributed by atoms with E-state index in [1.807, 2.05) is 6.92 Å². The number of benzene rings is 2. The molecule has 1 aromatic heterocycles. The van der Waals surface area contributed by atoms with E-state index in [2.05, 4.69) is 15.2 Å². The number of hydrogen-bond acceptors (Lipinski definition) is 5. The fourth-order valence-electron chi connectivity index (χ4n) is 2.86. The third-order valence-corrected chi connectivity index (χ3v) is 5.76. The maximum atomic E-state index is 12.4. The number of hydrogen-bond donors (Lipinski definition) is 2. The number of nitrogens with zero attached hydrogens (tertiary/aromatic N) is 2. The largest absolute Gasteiger partial charge is 0.356 e. The van der Waals surface area contributed by atoms with Crippen molar-refractivity contribution in [3.8, 4) is 0 Å². The number of amides is 1.